The fourth-order valence-electron chi connectivity index (χ4n) is 1.44. The topological polar surface area (TPSA) is 50.4 Å². The zero-order valence-corrected chi connectivity index (χ0v) is 11.8. The Bertz CT molecular complexity index is 330. The molecule has 0 aromatic carbocycles. The van der Waals surface area contributed by atoms with Gasteiger partial charge < -0.3 is 11.1 Å². The van der Waals surface area contributed by atoms with Crippen molar-refractivity contribution in [1.82, 2.24) is 5.32 Å². The molecule has 1 rings (SSSR count). The number of aliphatic imine (C=N–C) groups is 1. The Labute approximate surface area is 108 Å². The van der Waals surface area contributed by atoms with Gasteiger partial charge in [0.25, 0.3) is 0 Å². The fraction of sp³-hybridized carbons (Fsp3) is 0.615. The fourth-order valence-corrected chi connectivity index (χ4v) is 2.22. The van der Waals surface area contributed by atoms with Gasteiger partial charge in [0.1, 0.15) is 0 Å². The quantitative estimate of drug-likeness (QED) is 0.605. The van der Waals surface area contributed by atoms with Gasteiger partial charge in [0, 0.05) is 19.0 Å². The van der Waals surface area contributed by atoms with Crippen molar-refractivity contribution >= 4 is 17.3 Å². The van der Waals surface area contributed by atoms with E-state index >= 15 is 0 Å². The van der Waals surface area contributed by atoms with E-state index in [-0.39, 0.29) is 0 Å². The zero-order valence-electron chi connectivity index (χ0n) is 10.9. The number of hydrogen-bond acceptors (Lipinski definition) is 2. The molecule has 0 spiro atoms. The van der Waals surface area contributed by atoms with Crippen LogP contribution in [0.25, 0.3) is 0 Å². The van der Waals surface area contributed by atoms with Crippen LogP contribution in [0.3, 0.4) is 0 Å². The summed E-state index contributed by atoms with van der Waals surface area (Å²) in [5.74, 6) is 1.69. The summed E-state index contributed by atoms with van der Waals surface area (Å²) in [6.07, 6.45) is 1.12. The van der Waals surface area contributed by atoms with Crippen molar-refractivity contribution < 1.29 is 0 Å². The third kappa shape index (κ3) is 5.73. The summed E-state index contributed by atoms with van der Waals surface area (Å²) in [6.45, 7) is 8.23. The molecule has 0 aliphatic rings. The average molecular weight is 253 g/mol. The summed E-state index contributed by atoms with van der Waals surface area (Å²) in [7, 11) is 0. The van der Waals surface area contributed by atoms with E-state index < -0.39 is 0 Å². The first-order valence-electron chi connectivity index (χ1n) is 6.15. The lowest BCUT2D eigenvalue weighted by Crippen LogP contribution is -2.33. The maximum atomic E-state index is 5.80. The number of guanidine groups is 1. The highest BCUT2D eigenvalue weighted by Gasteiger charge is 2.04. The van der Waals surface area contributed by atoms with Gasteiger partial charge in [-0.25, -0.2) is 0 Å². The van der Waals surface area contributed by atoms with Crippen molar-refractivity contribution in [2.75, 3.05) is 13.1 Å². The molecule has 1 atom stereocenters. The Hall–Kier alpha value is -1.03. The van der Waals surface area contributed by atoms with Crippen LogP contribution >= 0.6 is 11.3 Å². The second kappa shape index (κ2) is 7.33. The van der Waals surface area contributed by atoms with Gasteiger partial charge in [-0.05, 0) is 34.7 Å². The van der Waals surface area contributed by atoms with Gasteiger partial charge in [0.2, 0.25) is 0 Å². The van der Waals surface area contributed by atoms with E-state index in [0.29, 0.717) is 17.8 Å². The first-order chi connectivity index (χ1) is 8.09. The van der Waals surface area contributed by atoms with E-state index in [2.05, 4.69) is 47.9 Å². The van der Waals surface area contributed by atoms with Gasteiger partial charge in [0.15, 0.2) is 5.96 Å². The van der Waals surface area contributed by atoms with Gasteiger partial charge in [-0.2, -0.15) is 11.3 Å². The molecule has 4 heteroatoms. The number of nitrogens with one attached hydrogen (secondary N) is 1. The molecule has 0 aliphatic heterocycles. The smallest absolute Gasteiger partial charge is 0.188 e. The molecule has 3 nitrogen and oxygen atoms in total. The number of rotatable bonds is 6. The molecule has 1 aromatic heterocycles. The van der Waals surface area contributed by atoms with Crippen LogP contribution < -0.4 is 11.1 Å². The van der Waals surface area contributed by atoms with Crippen LogP contribution in [-0.2, 0) is 0 Å². The predicted molar refractivity (Wildman–Crippen MR) is 76.7 cm³/mol. The average Bonchev–Trinajstić information content (AvgIpc) is 2.78. The van der Waals surface area contributed by atoms with Crippen LogP contribution in [0.4, 0.5) is 0 Å². The van der Waals surface area contributed by atoms with Crippen LogP contribution in [0.1, 0.15) is 38.7 Å². The van der Waals surface area contributed by atoms with Crippen LogP contribution in [0.5, 0.6) is 0 Å². The van der Waals surface area contributed by atoms with Crippen molar-refractivity contribution in [1.29, 1.82) is 0 Å². The molecule has 96 valence electrons. The summed E-state index contributed by atoms with van der Waals surface area (Å²) in [5.41, 5.74) is 7.14. The molecule has 0 fully saturated rings. The number of nitrogens with zero attached hydrogens (tertiary/aromatic N) is 1. The molecule has 1 aromatic rings. The van der Waals surface area contributed by atoms with E-state index in [1.54, 1.807) is 11.3 Å². The second-order valence-corrected chi connectivity index (χ2v) is 5.57. The standard InChI is InChI=1S/C13H23N3S/c1-10(2)4-6-15-13(14)16-8-11(3)12-5-7-17-9-12/h5,7,9-11H,4,6,8H2,1-3H3,(H3,14,15,16). The molecule has 0 saturated heterocycles. The summed E-state index contributed by atoms with van der Waals surface area (Å²) in [5, 5.41) is 7.41. The summed E-state index contributed by atoms with van der Waals surface area (Å²) >= 11 is 1.72. The van der Waals surface area contributed by atoms with Crippen LogP contribution in [0.2, 0.25) is 0 Å². The number of hydrogen-bond donors (Lipinski definition) is 2. The molecule has 1 heterocycles. The van der Waals surface area contributed by atoms with Crippen molar-refractivity contribution in [3.8, 4) is 0 Å². The molecule has 0 radical (unpaired) electrons. The molecule has 0 amide bonds. The molecule has 1 unspecified atom stereocenters. The lowest BCUT2D eigenvalue weighted by atomic mass is 10.1. The SMILES string of the molecule is CC(C)CCNC(N)=NCC(C)c1ccsc1. The lowest BCUT2D eigenvalue weighted by molar-refractivity contribution is 0.576. The van der Waals surface area contributed by atoms with Crippen LogP contribution in [0.15, 0.2) is 21.8 Å². The van der Waals surface area contributed by atoms with Crippen LogP contribution in [-0.4, -0.2) is 19.0 Å². The van der Waals surface area contributed by atoms with E-state index in [4.69, 9.17) is 5.73 Å². The second-order valence-electron chi connectivity index (χ2n) is 4.79. The highest BCUT2D eigenvalue weighted by atomic mass is 32.1. The predicted octanol–water partition coefficient (Wildman–Crippen LogP) is 2.80. The highest BCUT2D eigenvalue weighted by molar-refractivity contribution is 7.07. The van der Waals surface area contributed by atoms with Crippen LogP contribution in [0, 0.1) is 5.92 Å². The summed E-state index contributed by atoms with van der Waals surface area (Å²) in [4.78, 5) is 4.36. The maximum absolute atomic E-state index is 5.80. The van der Waals surface area contributed by atoms with Gasteiger partial charge >= 0.3 is 0 Å². The molecule has 17 heavy (non-hydrogen) atoms. The van der Waals surface area contributed by atoms with Crippen molar-refractivity contribution in [3.05, 3.63) is 22.4 Å². The Morgan fingerprint density at radius 3 is 2.82 bits per heavy atom. The Morgan fingerprint density at radius 1 is 1.47 bits per heavy atom. The van der Waals surface area contributed by atoms with Gasteiger partial charge in [-0.1, -0.05) is 20.8 Å². The third-order valence-corrected chi connectivity index (χ3v) is 3.38. The first-order valence-corrected chi connectivity index (χ1v) is 7.09. The van der Waals surface area contributed by atoms with Gasteiger partial charge in [0.05, 0.1) is 0 Å². The zero-order chi connectivity index (χ0) is 12.7. The monoisotopic (exact) mass is 253 g/mol. The minimum absolute atomic E-state index is 0.437. The van der Waals surface area contributed by atoms with E-state index in [0.717, 1.165) is 19.5 Å². The van der Waals surface area contributed by atoms with E-state index in [1.807, 2.05) is 0 Å². The number of thiophene rings is 1. The van der Waals surface area contributed by atoms with Gasteiger partial charge in [-0.3, -0.25) is 4.99 Å². The Kier molecular flexibility index (Phi) is 6.05. The largest absolute Gasteiger partial charge is 0.370 e. The molecular formula is C13H23N3S. The van der Waals surface area contributed by atoms with Crippen molar-refractivity contribution in [2.45, 2.75) is 33.1 Å². The molecule has 3 N–H and O–H groups in total. The van der Waals surface area contributed by atoms with Crippen molar-refractivity contribution in [3.63, 3.8) is 0 Å². The first kappa shape index (κ1) is 14.0. The molecular weight excluding hydrogens is 230 g/mol. The van der Waals surface area contributed by atoms with Gasteiger partial charge in [-0.15, -0.1) is 0 Å². The lowest BCUT2D eigenvalue weighted by Gasteiger charge is -2.09. The van der Waals surface area contributed by atoms with E-state index in [1.165, 1.54) is 5.56 Å². The molecule has 0 saturated carbocycles. The maximum Gasteiger partial charge on any atom is 0.188 e. The molecule has 0 aliphatic carbocycles. The molecule has 0 bridgehead atoms. The Balaban J connectivity index is 2.27. The minimum atomic E-state index is 0.437. The van der Waals surface area contributed by atoms with Crippen molar-refractivity contribution in [2.24, 2.45) is 16.6 Å². The summed E-state index contributed by atoms with van der Waals surface area (Å²) in [6, 6.07) is 2.15. The number of nitrogens with two attached hydrogens (primary N) is 1. The third-order valence-electron chi connectivity index (χ3n) is 2.68. The highest BCUT2D eigenvalue weighted by Crippen LogP contribution is 2.17. The Morgan fingerprint density at radius 2 is 2.24 bits per heavy atom. The minimum Gasteiger partial charge on any atom is -0.370 e. The summed E-state index contributed by atoms with van der Waals surface area (Å²) < 4.78 is 0. The normalized spacial score (nSPS) is 14.0. The van der Waals surface area contributed by atoms with E-state index in [9.17, 15) is 0 Å².